The second-order valence-corrected chi connectivity index (χ2v) is 7.13. The zero-order valence-corrected chi connectivity index (χ0v) is 15.6. The Morgan fingerprint density at radius 1 is 1.07 bits per heavy atom. The van der Waals surface area contributed by atoms with E-state index < -0.39 is 0 Å². The molecule has 0 saturated carbocycles. The van der Waals surface area contributed by atoms with E-state index >= 15 is 0 Å². The molecule has 3 aromatic heterocycles. The van der Waals surface area contributed by atoms with E-state index in [0.29, 0.717) is 0 Å². The lowest BCUT2D eigenvalue weighted by atomic mass is 9.93. The van der Waals surface area contributed by atoms with Crippen molar-refractivity contribution in [3.63, 3.8) is 0 Å². The van der Waals surface area contributed by atoms with Gasteiger partial charge in [0.1, 0.15) is 18.0 Å². The molecule has 6 heteroatoms. The van der Waals surface area contributed by atoms with E-state index in [1.54, 1.807) is 12.5 Å². The van der Waals surface area contributed by atoms with Crippen molar-refractivity contribution in [3.05, 3.63) is 90.3 Å². The molecule has 1 N–H and O–H groups in total. The van der Waals surface area contributed by atoms with Crippen molar-refractivity contribution in [2.24, 2.45) is 0 Å². The highest BCUT2D eigenvalue weighted by molar-refractivity contribution is 5.43. The lowest BCUT2D eigenvalue weighted by molar-refractivity contribution is 0.555. The summed E-state index contributed by atoms with van der Waals surface area (Å²) < 4.78 is 4.06. The maximum absolute atomic E-state index is 4.74. The third-order valence-corrected chi connectivity index (χ3v) is 5.26. The predicted octanol–water partition coefficient (Wildman–Crippen LogP) is 4.00. The predicted molar refractivity (Wildman–Crippen MR) is 108 cm³/mol. The van der Waals surface area contributed by atoms with Crippen molar-refractivity contribution < 1.29 is 0 Å². The number of nitrogens with one attached hydrogen (secondary N) is 1. The molecule has 0 amide bonds. The summed E-state index contributed by atoms with van der Waals surface area (Å²) in [5.41, 5.74) is 3.90. The number of fused-ring (bicyclic) bond motifs is 1. The third kappa shape index (κ3) is 3.29. The number of rotatable bonds is 5. The van der Waals surface area contributed by atoms with Gasteiger partial charge in [-0.15, -0.1) is 0 Å². The van der Waals surface area contributed by atoms with Gasteiger partial charge in [0.25, 0.3) is 0 Å². The molecule has 1 aliphatic rings. The molecular weight excluding hydrogens is 348 g/mol. The second-order valence-electron chi connectivity index (χ2n) is 7.13. The lowest BCUT2D eigenvalue weighted by Crippen LogP contribution is -2.19. The normalized spacial score (nSPS) is 15.9. The van der Waals surface area contributed by atoms with E-state index in [2.05, 4.69) is 44.3 Å². The highest BCUT2D eigenvalue weighted by atomic mass is 15.3. The van der Waals surface area contributed by atoms with E-state index in [0.717, 1.165) is 37.4 Å². The molecule has 0 fully saturated rings. The van der Waals surface area contributed by atoms with Crippen LogP contribution in [0.2, 0.25) is 0 Å². The first-order chi connectivity index (χ1) is 13.9. The molecule has 0 radical (unpaired) electrons. The first-order valence-electron chi connectivity index (χ1n) is 9.67. The number of imidazole rings is 1. The van der Waals surface area contributed by atoms with Crippen LogP contribution < -0.4 is 5.32 Å². The Hall–Kier alpha value is -3.41. The molecule has 4 aromatic rings. The molecule has 0 spiro atoms. The fraction of sp³-hybridized carbons (Fsp3) is 0.227. The lowest BCUT2D eigenvalue weighted by Gasteiger charge is -2.25. The van der Waals surface area contributed by atoms with Crippen LogP contribution in [-0.4, -0.2) is 24.3 Å². The van der Waals surface area contributed by atoms with Crippen LogP contribution in [0.5, 0.6) is 0 Å². The molecule has 5 rings (SSSR count). The Kier molecular flexibility index (Phi) is 4.37. The SMILES string of the molecule is c1ccc(Cn2ncc3c2CCC[C@H]3Nc2cccc(-n3ccnc3)n2)cc1. The number of aromatic nitrogens is 5. The number of pyridine rings is 1. The monoisotopic (exact) mass is 370 g/mol. The van der Waals surface area contributed by atoms with Crippen molar-refractivity contribution in [1.82, 2.24) is 24.3 Å². The van der Waals surface area contributed by atoms with Crippen molar-refractivity contribution in [1.29, 1.82) is 0 Å². The van der Waals surface area contributed by atoms with Crippen LogP contribution in [0.25, 0.3) is 5.82 Å². The van der Waals surface area contributed by atoms with Gasteiger partial charge in [0.2, 0.25) is 0 Å². The van der Waals surface area contributed by atoms with E-state index in [-0.39, 0.29) is 6.04 Å². The smallest absolute Gasteiger partial charge is 0.140 e. The summed E-state index contributed by atoms with van der Waals surface area (Å²) in [6.07, 6.45) is 10.7. The first-order valence-corrected chi connectivity index (χ1v) is 9.67. The molecule has 28 heavy (non-hydrogen) atoms. The number of benzene rings is 1. The minimum atomic E-state index is 0.235. The first kappa shape index (κ1) is 16.7. The zero-order chi connectivity index (χ0) is 18.8. The number of hydrogen-bond donors (Lipinski definition) is 1. The maximum atomic E-state index is 4.74. The fourth-order valence-electron chi connectivity index (χ4n) is 3.88. The summed E-state index contributed by atoms with van der Waals surface area (Å²) in [4.78, 5) is 8.84. The highest BCUT2D eigenvalue weighted by Gasteiger charge is 2.24. The second kappa shape index (κ2) is 7.31. The van der Waals surface area contributed by atoms with Gasteiger partial charge in [-0.05, 0) is 37.0 Å². The average molecular weight is 370 g/mol. The van der Waals surface area contributed by atoms with Gasteiger partial charge in [-0.3, -0.25) is 9.25 Å². The minimum Gasteiger partial charge on any atom is -0.363 e. The molecule has 1 aromatic carbocycles. The summed E-state index contributed by atoms with van der Waals surface area (Å²) in [7, 11) is 0. The molecule has 3 heterocycles. The number of nitrogens with zero attached hydrogens (tertiary/aromatic N) is 5. The van der Waals surface area contributed by atoms with Gasteiger partial charge in [-0.2, -0.15) is 5.10 Å². The van der Waals surface area contributed by atoms with Crippen molar-refractivity contribution in [2.45, 2.75) is 31.8 Å². The topological polar surface area (TPSA) is 60.6 Å². The molecule has 0 bridgehead atoms. The van der Waals surface area contributed by atoms with Gasteiger partial charge in [0.15, 0.2) is 0 Å². The number of hydrogen-bond acceptors (Lipinski definition) is 4. The molecule has 6 nitrogen and oxygen atoms in total. The van der Waals surface area contributed by atoms with Crippen LogP contribution >= 0.6 is 0 Å². The van der Waals surface area contributed by atoms with E-state index in [1.165, 1.54) is 16.8 Å². The molecule has 1 aliphatic carbocycles. The molecule has 1 atom stereocenters. The summed E-state index contributed by atoms with van der Waals surface area (Å²) in [6, 6.07) is 16.8. The molecular formula is C22H22N6. The van der Waals surface area contributed by atoms with Crippen LogP contribution in [0.1, 0.15) is 35.7 Å². The average Bonchev–Trinajstić information content (AvgIpc) is 3.40. The Morgan fingerprint density at radius 2 is 2.00 bits per heavy atom. The van der Waals surface area contributed by atoms with Gasteiger partial charge >= 0.3 is 0 Å². The highest BCUT2D eigenvalue weighted by Crippen LogP contribution is 2.32. The number of anilines is 1. The van der Waals surface area contributed by atoms with E-state index in [4.69, 9.17) is 4.98 Å². The van der Waals surface area contributed by atoms with E-state index in [1.807, 2.05) is 41.2 Å². The summed E-state index contributed by atoms with van der Waals surface area (Å²) in [5.74, 6) is 1.73. The molecule has 0 unspecified atom stereocenters. The Balaban J connectivity index is 1.38. The van der Waals surface area contributed by atoms with Crippen molar-refractivity contribution in [2.75, 3.05) is 5.32 Å². The Labute approximate surface area is 163 Å². The molecule has 140 valence electrons. The van der Waals surface area contributed by atoms with Crippen LogP contribution in [0.15, 0.2) is 73.4 Å². The van der Waals surface area contributed by atoms with Crippen molar-refractivity contribution >= 4 is 5.82 Å². The fourth-order valence-corrected chi connectivity index (χ4v) is 3.88. The maximum Gasteiger partial charge on any atom is 0.140 e. The standard InChI is InChI=1S/C22H22N6/c1-2-6-17(7-3-1)15-28-20-9-4-8-19(18(20)14-24-28)25-21-10-5-11-22(26-21)27-13-12-23-16-27/h1-3,5-7,10-14,16,19H,4,8-9,15H2,(H,25,26)/t19-/m1/s1. The van der Waals surface area contributed by atoms with Gasteiger partial charge < -0.3 is 5.32 Å². The largest absolute Gasteiger partial charge is 0.363 e. The summed E-state index contributed by atoms with van der Waals surface area (Å²) in [6.45, 7) is 0.817. The third-order valence-electron chi connectivity index (χ3n) is 5.26. The minimum absolute atomic E-state index is 0.235. The van der Waals surface area contributed by atoms with Crippen LogP contribution in [-0.2, 0) is 13.0 Å². The van der Waals surface area contributed by atoms with Crippen molar-refractivity contribution in [3.8, 4) is 5.82 Å². The van der Waals surface area contributed by atoms with Gasteiger partial charge in [0.05, 0.1) is 18.8 Å². The van der Waals surface area contributed by atoms with Gasteiger partial charge in [-0.25, -0.2) is 9.97 Å². The molecule has 0 saturated heterocycles. The zero-order valence-electron chi connectivity index (χ0n) is 15.6. The van der Waals surface area contributed by atoms with Gasteiger partial charge in [-0.1, -0.05) is 36.4 Å². The van der Waals surface area contributed by atoms with Crippen LogP contribution in [0.3, 0.4) is 0 Å². The quantitative estimate of drug-likeness (QED) is 0.577. The summed E-state index contributed by atoms with van der Waals surface area (Å²) in [5, 5.41) is 8.31. The summed E-state index contributed by atoms with van der Waals surface area (Å²) >= 11 is 0. The Bertz CT molecular complexity index is 1050. The molecule has 0 aliphatic heterocycles. The van der Waals surface area contributed by atoms with E-state index in [9.17, 15) is 0 Å². The van der Waals surface area contributed by atoms with Gasteiger partial charge in [0, 0.05) is 23.7 Å². The van der Waals surface area contributed by atoms with Crippen LogP contribution in [0, 0.1) is 0 Å². The Morgan fingerprint density at radius 3 is 2.86 bits per heavy atom. The van der Waals surface area contributed by atoms with Crippen LogP contribution in [0.4, 0.5) is 5.82 Å².